The van der Waals surface area contributed by atoms with E-state index in [0.717, 1.165) is 12.1 Å². The summed E-state index contributed by atoms with van der Waals surface area (Å²) in [5, 5.41) is 2.81. The molecule has 0 aliphatic carbocycles. The van der Waals surface area contributed by atoms with Gasteiger partial charge in [-0.05, 0) is 29.8 Å². The van der Waals surface area contributed by atoms with Crippen LogP contribution in [0.4, 0.5) is 17.6 Å². The molecule has 1 aliphatic rings. The van der Waals surface area contributed by atoms with Crippen molar-refractivity contribution < 1.29 is 31.8 Å². The molecule has 0 radical (unpaired) electrons. The number of hydrogen-bond acceptors (Lipinski definition) is 4. The van der Waals surface area contributed by atoms with Crippen LogP contribution in [0.15, 0.2) is 48.5 Å². The van der Waals surface area contributed by atoms with Crippen LogP contribution in [-0.4, -0.2) is 50.3 Å². The largest absolute Gasteiger partial charge is 0.490 e. The van der Waals surface area contributed by atoms with Crippen molar-refractivity contribution in [1.82, 2.24) is 10.2 Å². The minimum atomic E-state index is -4.40. The van der Waals surface area contributed by atoms with Crippen LogP contribution in [0, 0.1) is 5.82 Å². The summed E-state index contributed by atoms with van der Waals surface area (Å²) in [6.07, 6.45) is -4.38. The molecule has 31 heavy (non-hydrogen) atoms. The van der Waals surface area contributed by atoms with Gasteiger partial charge in [-0.3, -0.25) is 9.69 Å². The summed E-state index contributed by atoms with van der Waals surface area (Å²) in [6.45, 7) is 2.48. The third kappa shape index (κ3) is 6.67. The van der Waals surface area contributed by atoms with Crippen LogP contribution >= 0.6 is 0 Å². The van der Waals surface area contributed by atoms with Gasteiger partial charge in [-0.15, -0.1) is 0 Å². The van der Waals surface area contributed by atoms with Gasteiger partial charge in [0.1, 0.15) is 0 Å². The van der Waals surface area contributed by atoms with Crippen LogP contribution in [0.25, 0.3) is 0 Å². The molecule has 1 heterocycles. The maximum Gasteiger partial charge on any atom is 0.416 e. The first-order valence-corrected chi connectivity index (χ1v) is 9.97. The quantitative estimate of drug-likeness (QED) is 0.635. The lowest BCUT2D eigenvalue weighted by Gasteiger charge is -2.35. The zero-order chi connectivity index (χ0) is 22.3. The van der Waals surface area contributed by atoms with Gasteiger partial charge in [-0.2, -0.15) is 13.2 Å². The number of para-hydroxylation sites is 1. The predicted octanol–water partition coefficient (Wildman–Crippen LogP) is 3.80. The number of halogens is 4. The second-order valence-corrected chi connectivity index (χ2v) is 7.12. The van der Waals surface area contributed by atoms with Gasteiger partial charge < -0.3 is 14.8 Å². The van der Waals surface area contributed by atoms with Gasteiger partial charge in [0, 0.05) is 19.6 Å². The van der Waals surface area contributed by atoms with Gasteiger partial charge in [0.25, 0.3) is 0 Å². The SMILES string of the molecule is O=C(CCOc1ccccc1F)NCC(c1ccc(C(F)(F)F)cc1)N1CCOCC1. The topological polar surface area (TPSA) is 50.8 Å². The fourth-order valence-electron chi connectivity index (χ4n) is 3.36. The Hall–Kier alpha value is -2.65. The number of hydrogen-bond donors (Lipinski definition) is 1. The minimum absolute atomic E-state index is 0.00919. The normalized spacial score (nSPS) is 16.0. The highest BCUT2D eigenvalue weighted by Gasteiger charge is 2.31. The highest BCUT2D eigenvalue weighted by molar-refractivity contribution is 5.76. The first kappa shape index (κ1) is 23.0. The standard InChI is InChI=1S/C22H24F4N2O3/c23-18-3-1-2-4-20(18)31-12-9-21(29)27-15-19(28-10-13-30-14-11-28)16-5-7-17(8-6-16)22(24,25)26/h1-8,19H,9-15H2,(H,27,29). The Kier molecular flexibility index (Phi) is 7.86. The molecule has 5 nitrogen and oxygen atoms in total. The van der Waals surface area contributed by atoms with E-state index in [-0.39, 0.29) is 37.3 Å². The van der Waals surface area contributed by atoms with Gasteiger partial charge in [0.05, 0.1) is 37.8 Å². The first-order chi connectivity index (χ1) is 14.8. The Bertz CT molecular complexity index is 853. The Balaban J connectivity index is 1.58. The molecule has 1 atom stereocenters. The van der Waals surface area contributed by atoms with Crippen molar-refractivity contribution in [1.29, 1.82) is 0 Å². The van der Waals surface area contributed by atoms with E-state index in [1.54, 1.807) is 12.1 Å². The Morgan fingerprint density at radius 3 is 2.42 bits per heavy atom. The number of ether oxygens (including phenoxy) is 2. The molecule has 9 heteroatoms. The van der Waals surface area contributed by atoms with Crippen LogP contribution in [0.5, 0.6) is 5.75 Å². The Morgan fingerprint density at radius 1 is 1.10 bits per heavy atom. The lowest BCUT2D eigenvalue weighted by molar-refractivity contribution is -0.137. The monoisotopic (exact) mass is 440 g/mol. The summed E-state index contributed by atoms with van der Waals surface area (Å²) >= 11 is 0. The molecule has 0 spiro atoms. The molecule has 1 amide bonds. The molecular formula is C22H24F4N2O3. The fourth-order valence-corrected chi connectivity index (χ4v) is 3.36. The number of nitrogens with one attached hydrogen (secondary N) is 1. The highest BCUT2D eigenvalue weighted by atomic mass is 19.4. The Labute approximate surface area is 177 Å². The fraction of sp³-hybridized carbons (Fsp3) is 0.409. The molecule has 0 bridgehead atoms. The molecule has 2 aromatic carbocycles. The summed E-state index contributed by atoms with van der Waals surface area (Å²) in [5.41, 5.74) is -0.0379. The average molecular weight is 440 g/mol. The van der Waals surface area contributed by atoms with Crippen LogP contribution < -0.4 is 10.1 Å². The van der Waals surface area contributed by atoms with Crippen LogP contribution in [0.2, 0.25) is 0 Å². The van der Waals surface area contributed by atoms with Gasteiger partial charge in [0.15, 0.2) is 11.6 Å². The molecule has 0 aromatic heterocycles. The maximum atomic E-state index is 13.6. The van der Waals surface area contributed by atoms with E-state index in [1.165, 1.54) is 24.3 Å². The average Bonchev–Trinajstić information content (AvgIpc) is 2.76. The second kappa shape index (κ2) is 10.6. The smallest absolute Gasteiger partial charge is 0.416 e. The molecule has 1 fully saturated rings. The molecule has 3 rings (SSSR count). The molecule has 1 unspecified atom stereocenters. The summed E-state index contributed by atoms with van der Waals surface area (Å²) < 4.78 is 62.8. The minimum Gasteiger partial charge on any atom is -0.490 e. The van der Waals surface area contributed by atoms with Gasteiger partial charge in [0.2, 0.25) is 5.91 Å². The van der Waals surface area contributed by atoms with Crippen molar-refractivity contribution in [3.63, 3.8) is 0 Å². The lowest BCUT2D eigenvalue weighted by atomic mass is 10.0. The molecule has 2 aromatic rings. The second-order valence-electron chi connectivity index (χ2n) is 7.12. The predicted molar refractivity (Wildman–Crippen MR) is 106 cm³/mol. The molecular weight excluding hydrogens is 416 g/mol. The maximum absolute atomic E-state index is 13.6. The van der Waals surface area contributed by atoms with Gasteiger partial charge in [-0.25, -0.2) is 4.39 Å². The van der Waals surface area contributed by atoms with Crippen LogP contribution in [-0.2, 0) is 15.7 Å². The molecule has 168 valence electrons. The summed E-state index contributed by atoms with van der Waals surface area (Å²) in [4.78, 5) is 14.3. The zero-order valence-electron chi connectivity index (χ0n) is 16.8. The molecule has 1 saturated heterocycles. The third-order valence-electron chi connectivity index (χ3n) is 5.03. The van der Waals surface area contributed by atoms with Crippen molar-refractivity contribution in [3.8, 4) is 5.75 Å². The van der Waals surface area contributed by atoms with E-state index in [2.05, 4.69) is 10.2 Å². The number of morpholine rings is 1. The van der Waals surface area contributed by atoms with Crippen LogP contribution in [0.3, 0.4) is 0 Å². The van der Waals surface area contributed by atoms with Crippen molar-refractivity contribution in [2.75, 3.05) is 39.5 Å². The zero-order valence-corrected chi connectivity index (χ0v) is 16.8. The highest BCUT2D eigenvalue weighted by Crippen LogP contribution is 2.31. The number of benzene rings is 2. The summed E-state index contributed by atoms with van der Waals surface area (Å²) in [7, 11) is 0. The molecule has 1 N–H and O–H groups in total. The lowest BCUT2D eigenvalue weighted by Crippen LogP contribution is -2.44. The molecule has 0 saturated carbocycles. The van der Waals surface area contributed by atoms with E-state index < -0.39 is 17.6 Å². The van der Waals surface area contributed by atoms with Crippen molar-refractivity contribution in [2.45, 2.75) is 18.6 Å². The van der Waals surface area contributed by atoms with Crippen LogP contribution in [0.1, 0.15) is 23.6 Å². The van der Waals surface area contributed by atoms with Gasteiger partial charge in [-0.1, -0.05) is 24.3 Å². The number of alkyl halides is 3. The molecule has 1 aliphatic heterocycles. The van der Waals surface area contributed by atoms with E-state index in [9.17, 15) is 22.4 Å². The Morgan fingerprint density at radius 2 is 1.77 bits per heavy atom. The number of carbonyl (C=O) groups is 1. The van der Waals surface area contributed by atoms with Crippen molar-refractivity contribution >= 4 is 5.91 Å². The third-order valence-corrected chi connectivity index (χ3v) is 5.03. The number of nitrogens with zero attached hydrogens (tertiary/aromatic N) is 1. The number of carbonyl (C=O) groups excluding carboxylic acids is 1. The number of rotatable bonds is 8. The summed E-state index contributed by atoms with van der Waals surface area (Å²) in [5.74, 6) is -0.717. The van der Waals surface area contributed by atoms with Gasteiger partial charge >= 0.3 is 6.18 Å². The van der Waals surface area contributed by atoms with E-state index in [1.807, 2.05) is 0 Å². The van der Waals surface area contributed by atoms with Crippen molar-refractivity contribution in [2.24, 2.45) is 0 Å². The van der Waals surface area contributed by atoms with Crippen molar-refractivity contribution in [3.05, 3.63) is 65.5 Å². The first-order valence-electron chi connectivity index (χ1n) is 9.97. The van der Waals surface area contributed by atoms with E-state index in [4.69, 9.17) is 9.47 Å². The summed E-state index contributed by atoms with van der Waals surface area (Å²) in [6, 6.07) is 10.6. The van der Waals surface area contributed by atoms with E-state index in [0.29, 0.717) is 31.9 Å². The number of amides is 1. The van der Waals surface area contributed by atoms with E-state index >= 15 is 0 Å².